The first-order chi connectivity index (χ1) is 16.6. The molecule has 1 fully saturated rings. The maximum Gasteiger partial charge on any atom is 0.269 e. The van der Waals surface area contributed by atoms with Gasteiger partial charge in [-0.1, -0.05) is 49.1 Å². The van der Waals surface area contributed by atoms with Crippen LogP contribution in [0.4, 0.5) is 5.82 Å². The van der Waals surface area contributed by atoms with Crippen LogP contribution in [0.15, 0.2) is 51.9 Å². The number of ether oxygens (including phenoxy) is 1. The molecule has 0 saturated heterocycles. The van der Waals surface area contributed by atoms with E-state index in [1.165, 1.54) is 17.0 Å². The van der Waals surface area contributed by atoms with Crippen molar-refractivity contribution in [2.24, 2.45) is 0 Å². The van der Waals surface area contributed by atoms with Crippen molar-refractivity contribution < 1.29 is 22.8 Å². The zero-order valence-electron chi connectivity index (χ0n) is 20.7. The van der Waals surface area contributed by atoms with Crippen molar-refractivity contribution >= 4 is 23.9 Å². The van der Waals surface area contributed by atoms with Gasteiger partial charge in [-0.2, -0.15) is 0 Å². The Bertz CT molecular complexity index is 1370. The van der Waals surface area contributed by atoms with Gasteiger partial charge in [0.15, 0.2) is 11.6 Å². The van der Waals surface area contributed by atoms with Gasteiger partial charge >= 0.3 is 0 Å². The molecule has 9 heteroatoms. The van der Waals surface area contributed by atoms with Crippen molar-refractivity contribution in [3.8, 4) is 17.1 Å². The van der Waals surface area contributed by atoms with Crippen LogP contribution in [0.3, 0.4) is 0 Å². The number of anilines is 1. The van der Waals surface area contributed by atoms with Crippen LogP contribution < -0.4 is 9.04 Å². The fourth-order valence-electron chi connectivity index (χ4n) is 4.97. The summed E-state index contributed by atoms with van der Waals surface area (Å²) in [5.41, 5.74) is 3.72. The van der Waals surface area contributed by atoms with Gasteiger partial charge in [0.25, 0.3) is 10.0 Å². The zero-order chi connectivity index (χ0) is 25.0. The number of nitrogens with zero attached hydrogens (tertiary/aromatic N) is 2. The summed E-state index contributed by atoms with van der Waals surface area (Å²) in [6, 6.07) is 13.5. The molecule has 0 atom stereocenters. The standard InChI is InChI=1S/C26H32N2O5SSi/c1-32-22-7-5-6-8-23(22)34(30,31)28(13-14-35(2,3)4)25-20-16-26(11-12-26)21-10-9-18(17-29)15-19(21)24(20)33-27-25/h5-10,15,29H,11-14,16-17H2,1-4H3. The first-order valence-electron chi connectivity index (χ1n) is 12.0. The Balaban J connectivity index is 1.66. The van der Waals surface area contributed by atoms with Gasteiger partial charge in [0.05, 0.1) is 13.7 Å². The van der Waals surface area contributed by atoms with E-state index in [1.807, 2.05) is 12.1 Å². The molecule has 186 valence electrons. The van der Waals surface area contributed by atoms with E-state index in [2.05, 4.69) is 30.9 Å². The van der Waals surface area contributed by atoms with Gasteiger partial charge < -0.3 is 14.4 Å². The minimum Gasteiger partial charge on any atom is -0.495 e. The van der Waals surface area contributed by atoms with Crippen LogP contribution in [0.2, 0.25) is 25.7 Å². The predicted octanol–water partition coefficient (Wildman–Crippen LogP) is 4.96. The molecule has 3 aromatic rings. The zero-order valence-corrected chi connectivity index (χ0v) is 22.5. The number of hydrogen-bond acceptors (Lipinski definition) is 6. The summed E-state index contributed by atoms with van der Waals surface area (Å²) in [7, 11) is -4.06. The van der Waals surface area contributed by atoms with Gasteiger partial charge in [-0.15, -0.1) is 0 Å². The lowest BCUT2D eigenvalue weighted by atomic mass is 9.79. The highest BCUT2D eigenvalue weighted by Gasteiger charge is 2.51. The fourth-order valence-corrected chi connectivity index (χ4v) is 7.62. The number of para-hydroxylation sites is 1. The molecular formula is C26H32N2O5SSi. The molecule has 0 amide bonds. The lowest BCUT2D eigenvalue weighted by Gasteiger charge is -2.29. The van der Waals surface area contributed by atoms with Crippen LogP contribution in [0.1, 0.15) is 29.5 Å². The van der Waals surface area contributed by atoms with Crippen molar-refractivity contribution in [3.63, 3.8) is 0 Å². The molecule has 0 unspecified atom stereocenters. The second kappa shape index (κ2) is 8.50. The third kappa shape index (κ3) is 4.19. The van der Waals surface area contributed by atoms with Crippen molar-refractivity contribution in [1.29, 1.82) is 0 Å². The number of sulfonamides is 1. The van der Waals surface area contributed by atoms with E-state index in [0.29, 0.717) is 30.3 Å². The lowest BCUT2D eigenvalue weighted by molar-refractivity contribution is 0.282. The van der Waals surface area contributed by atoms with Gasteiger partial charge in [-0.3, -0.25) is 0 Å². The Morgan fingerprint density at radius 3 is 2.57 bits per heavy atom. The number of hydrogen-bond donors (Lipinski definition) is 1. The van der Waals surface area contributed by atoms with Crippen LogP contribution >= 0.6 is 0 Å². The van der Waals surface area contributed by atoms with E-state index in [-0.39, 0.29) is 16.9 Å². The van der Waals surface area contributed by atoms with Crippen molar-refractivity contribution in [2.75, 3.05) is 18.0 Å². The van der Waals surface area contributed by atoms with Crippen LogP contribution in [0.5, 0.6) is 5.75 Å². The van der Waals surface area contributed by atoms with Crippen LogP contribution in [0.25, 0.3) is 11.3 Å². The second-order valence-electron chi connectivity index (χ2n) is 10.8. The van der Waals surface area contributed by atoms with E-state index in [9.17, 15) is 13.5 Å². The SMILES string of the molecule is COc1ccccc1S(=O)(=O)N(CC[Si](C)(C)C)c1noc2c1CC1(CC1)c1ccc(CO)cc1-2. The molecule has 2 aliphatic carbocycles. The van der Waals surface area contributed by atoms with Gasteiger partial charge in [0, 0.05) is 31.2 Å². The van der Waals surface area contributed by atoms with E-state index in [1.54, 1.807) is 24.3 Å². The summed E-state index contributed by atoms with van der Waals surface area (Å²) >= 11 is 0. The maximum absolute atomic E-state index is 14.1. The van der Waals surface area contributed by atoms with Crippen molar-refractivity contribution in [2.45, 2.75) is 61.9 Å². The molecular weight excluding hydrogens is 480 g/mol. The monoisotopic (exact) mass is 512 g/mol. The van der Waals surface area contributed by atoms with E-state index < -0.39 is 18.1 Å². The van der Waals surface area contributed by atoms with Crippen LogP contribution in [-0.2, 0) is 28.5 Å². The molecule has 0 bridgehead atoms. The summed E-state index contributed by atoms with van der Waals surface area (Å²) in [5.74, 6) is 1.28. The summed E-state index contributed by atoms with van der Waals surface area (Å²) in [4.78, 5) is 0.120. The predicted molar refractivity (Wildman–Crippen MR) is 138 cm³/mol. The molecule has 1 N–H and O–H groups in total. The highest BCUT2D eigenvalue weighted by Crippen LogP contribution is 2.58. The molecule has 7 nitrogen and oxygen atoms in total. The third-order valence-electron chi connectivity index (χ3n) is 7.16. The average Bonchev–Trinajstić information content (AvgIpc) is 3.48. The summed E-state index contributed by atoms with van der Waals surface area (Å²) in [6.45, 7) is 6.94. The topological polar surface area (TPSA) is 92.9 Å². The van der Waals surface area contributed by atoms with Gasteiger partial charge in [0.2, 0.25) is 0 Å². The minimum absolute atomic E-state index is 0.0186. The van der Waals surface area contributed by atoms with Gasteiger partial charge in [-0.25, -0.2) is 12.7 Å². The Hall–Kier alpha value is -2.62. The van der Waals surface area contributed by atoms with E-state index >= 15 is 0 Å². The lowest BCUT2D eigenvalue weighted by Crippen LogP contribution is -2.37. The summed E-state index contributed by atoms with van der Waals surface area (Å²) < 4.78 is 40.9. The molecule has 35 heavy (non-hydrogen) atoms. The maximum atomic E-state index is 14.1. The van der Waals surface area contributed by atoms with Gasteiger partial charge in [0.1, 0.15) is 10.6 Å². The molecule has 5 rings (SSSR count). The first-order valence-corrected chi connectivity index (χ1v) is 17.1. The Labute approximate surface area is 207 Å². The molecule has 2 aliphatic rings. The molecule has 0 radical (unpaired) electrons. The molecule has 1 spiro atoms. The van der Waals surface area contributed by atoms with Crippen molar-refractivity contribution in [3.05, 3.63) is 59.2 Å². The summed E-state index contributed by atoms with van der Waals surface area (Å²) in [5, 5.41) is 14.1. The smallest absolute Gasteiger partial charge is 0.269 e. The Kier molecular flexibility index (Phi) is 5.85. The fraction of sp³-hybridized carbons (Fsp3) is 0.423. The third-order valence-corrected chi connectivity index (χ3v) is 10.7. The number of methoxy groups -OCH3 is 1. The minimum atomic E-state index is -3.96. The Morgan fingerprint density at radius 2 is 1.91 bits per heavy atom. The molecule has 1 saturated carbocycles. The summed E-state index contributed by atoms with van der Waals surface area (Å²) in [6.07, 6.45) is 2.77. The van der Waals surface area contributed by atoms with Gasteiger partial charge in [-0.05, 0) is 54.6 Å². The highest BCUT2D eigenvalue weighted by molar-refractivity contribution is 7.93. The highest BCUT2D eigenvalue weighted by atomic mass is 32.2. The van der Waals surface area contributed by atoms with E-state index in [4.69, 9.17) is 9.26 Å². The van der Waals surface area contributed by atoms with E-state index in [0.717, 1.165) is 35.6 Å². The first kappa shape index (κ1) is 24.1. The molecule has 1 heterocycles. The number of aliphatic hydroxyl groups is 1. The average molecular weight is 513 g/mol. The number of aromatic nitrogens is 1. The quantitative estimate of drug-likeness (QED) is 0.429. The van der Waals surface area contributed by atoms with Crippen LogP contribution in [-0.4, -0.2) is 40.4 Å². The number of fused-ring (bicyclic) bond motifs is 4. The number of benzene rings is 2. The van der Waals surface area contributed by atoms with Crippen LogP contribution in [0, 0.1) is 0 Å². The number of aliphatic hydroxyl groups excluding tert-OH is 1. The van der Waals surface area contributed by atoms with Crippen molar-refractivity contribution in [1.82, 2.24) is 5.16 Å². The second-order valence-corrected chi connectivity index (χ2v) is 18.3. The molecule has 0 aliphatic heterocycles. The molecule has 2 aromatic carbocycles. The normalized spacial score (nSPS) is 16.0. The largest absolute Gasteiger partial charge is 0.495 e. The Morgan fingerprint density at radius 1 is 1.17 bits per heavy atom. The molecule has 1 aromatic heterocycles. The number of rotatable bonds is 8.